The van der Waals surface area contributed by atoms with Gasteiger partial charge in [-0.25, -0.2) is 0 Å². The van der Waals surface area contributed by atoms with Gasteiger partial charge in [0.05, 0.1) is 25.5 Å². The lowest BCUT2D eigenvalue weighted by Gasteiger charge is -2.15. The van der Waals surface area contributed by atoms with E-state index in [0.717, 1.165) is 48.7 Å². The fourth-order valence-corrected chi connectivity index (χ4v) is 2.76. The lowest BCUT2D eigenvalue weighted by Crippen LogP contribution is -2.13. The standard InChI is InChI=1S/C21H27NO4/c1-6-12-22-18-8-2-3-9-19(18)25-16-14-23-15-17-26-21-11-5-4-10-20(21)24-13-7-1/h2-5,8-11,22H,1,6-7,12-17H2. The Morgan fingerprint density at radius 3 is 1.96 bits per heavy atom. The van der Waals surface area contributed by atoms with Crippen molar-refractivity contribution in [2.45, 2.75) is 19.3 Å². The number of ether oxygens (including phenoxy) is 4. The third kappa shape index (κ3) is 5.85. The van der Waals surface area contributed by atoms with Gasteiger partial charge in [-0.1, -0.05) is 24.3 Å². The van der Waals surface area contributed by atoms with E-state index in [2.05, 4.69) is 5.32 Å². The number of anilines is 1. The maximum Gasteiger partial charge on any atom is 0.161 e. The topological polar surface area (TPSA) is 49.0 Å². The molecular formula is C21H27NO4. The summed E-state index contributed by atoms with van der Waals surface area (Å²) in [6.07, 6.45) is 3.20. The van der Waals surface area contributed by atoms with Crippen molar-refractivity contribution in [3.05, 3.63) is 48.5 Å². The first-order valence-electron chi connectivity index (χ1n) is 9.31. The summed E-state index contributed by atoms with van der Waals surface area (Å²) >= 11 is 0. The lowest BCUT2D eigenvalue weighted by molar-refractivity contribution is 0.0756. The molecule has 0 aliphatic carbocycles. The Morgan fingerprint density at radius 1 is 0.577 bits per heavy atom. The zero-order valence-corrected chi connectivity index (χ0v) is 15.1. The summed E-state index contributed by atoms with van der Waals surface area (Å²) in [7, 11) is 0. The quantitative estimate of drug-likeness (QED) is 0.768. The smallest absolute Gasteiger partial charge is 0.161 e. The molecular weight excluding hydrogens is 330 g/mol. The van der Waals surface area contributed by atoms with Gasteiger partial charge < -0.3 is 24.3 Å². The van der Waals surface area contributed by atoms with Crippen LogP contribution in [-0.2, 0) is 4.74 Å². The van der Waals surface area contributed by atoms with E-state index in [1.165, 1.54) is 0 Å². The molecule has 1 aliphatic heterocycles. The molecule has 0 bridgehead atoms. The van der Waals surface area contributed by atoms with Gasteiger partial charge in [0, 0.05) is 6.54 Å². The van der Waals surface area contributed by atoms with Crippen LogP contribution in [-0.4, -0.2) is 39.6 Å². The van der Waals surface area contributed by atoms with Gasteiger partial charge in [0.1, 0.15) is 19.0 Å². The molecule has 0 aromatic heterocycles. The molecule has 0 radical (unpaired) electrons. The fourth-order valence-electron chi connectivity index (χ4n) is 2.76. The van der Waals surface area contributed by atoms with Crippen LogP contribution >= 0.6 is 0 Å². The van der Waals surface area contributed by atoms with E-state index >= 15 is 0 Å². The van der Waals surface area contributed by atoms with Crippen molar-refractivity contribution in [1.82, 2.24) is 0 Å². The molecule has 0 saturated heterocycles. The van der Waals surface area contributed by atoms with E-state index in [0.29, 0.717) is 33.0 Å². The highest BCUT2D eigenvalue weighted by atomic mass is 16.6. The summed E-state index contributed by atoms with van der Waals surface area (Å²) in [4.78, 5) is 0. The third-order valence-electron chi connectivity index (χ3n) is 4.10. The van der Waals surface area contributed by atoms with Crippen LogP contribution in [0.4, 0.5) is 5.69 Å². The summed E-state index contributed by atoms with van der Waals surface area (Å²) in [6.45, 7) is 3.64. The largest absolute Gasteiger partial charge is 0.490 e. The molecule has 2 aromatic carbocycles. The van der Waals surface area contributed by atoms with Crippen LogP contribution in [0.25, 0.3) is 0 Å². The van der Waals surface area contributed by atoms with Crippen molar-refractivity contribution in [1.29, 1.82) is 0 Å². The average molecular weight is 357 g/mol. The van der Waals surface area contributed by atoms with Gasteiger partial charge in [0.15, 0.2) is 11.5 Å². The predicted molar refractivity (Wildman–Crippen MR) is 103 cm³/mol. The molecule has 0 amide bonds. The van der Waals surface area contributed by atoms with Crippen molar-refractivity contribution in [3.8, 4) is 17.2 Å². The van der Waals surface area contributed by atoms with Crippen LogP contribution < -0.4 is 19.5 Å². The Kier molecular flexibility index (Phi) is 7.47. The first-order valence-corrected chi connectivity index (χ1v) is 9.31. The minimum atomic E-state index is 0.485. The van der Waals surface area contributed by atoms with Gasteiger partial charge in [0.25, 0.3) is 0 Å². The number of hydrogen-bond acceptors (Lipinski definition) is 5. The molecule has 0 saturated carbocycles. The fraction of sp³-hybridized carbons (Fsp3) is 0.429. The Balaban J connectivity index is 1.56. The lowest BCUT2D eigenvalue weighted by atomic mass is 10.2. The average Bonchev–Trinajstić information content (AvgIpc) is 2.68. The molecule has 3 rings (SSSR count). The number of rotatable bonds is 0. The van der Waals surface area contributed by atoms with E-state index < -0.39 is 0 Å². The molecule has 0 spiro atoms. The van der Waals surface area contributed by atoms with Crippen LogP contribution in [0.3, 0.4) is 0 Å². The molecule has 0 unspecified atom stereocenters. The number of para-hydroxylation sites is 4. The van der Waals surface area contributed by atoms with Crippen molar-refractivity contribution in [3.63, 3.8) is 0 Å². The van der Waals surface area contributed by atoms with Gasteiger partial charge in [0.2, 0.25) is 0 Å². The minimum Gasteiger partial charge on any atom is -0.490 e. The highest BCUT2D eigenvalue weighted by Gasteiger charge is 2.06. The molecule has 5 heteroatoms. The van der Waals surface area contributed by atoms with Gasteiger partial charge >= 0.3 is 0 Å². The van der Waals surface area contributed by atoms with Crippen molar-refractivity contribution < 1.29 is 18.9 Å². The Labute approximate surface area is 155 Å². The molecule has 140 valence electrons. The zero-order valence-electron chi connectivity index (χ0n) is 15.1. The predicted octanol–water partition coefficient (Wildman–Crippen LogP) is 4.14. The second kappa shape index (κ2) is 10.6. The van der Waals surface area contributed by atoms with Gasteiger partial charge in [-0.05, 0) is 43.5 Å². The number of hydrogen-bond donors (Lipinski definition) is 1. The summed E-state index contributed by atoms with van der Waals surface area (Å²) in [5.74, 6) is 2.43. The normalized spacial score (nSPS) is 16.9. The summed E-state index contributed by atoms with van der Waals surface area (Å²) in [5, 5.41) is 3.46. The number of fused-ring (bicyclic) bond motifs is 2. The molecule has 0 fully saturated rings. The van der Waals surface area contributed by atoms with Crippen molar-refractivity contribution in [2.24, 2.45) is 0 Å². The van der Waals surface area contributed by atoms with E-state index in [9.17, 15) is 0 Å². The van der Waals surface area contributed by atoms with Gasteiger partial charge in [-0.2, -0.15) is 0 Å². The van der Waals surface area contributed by atoms with Crippen LogP contribution in [0.15, 0.2) is 48.5 Å². The van der Waals surface area contributed by atoms with Crippen molar-refractivity contribution in [2.75, 3.05) is 44.9 Å². The van der Waals surface area contributed by atoms with Crippen LogP contribution in [0.5, 0.6) is 17.2 Å². The molecule has 2 aromatic rings. The van der Waals surface area contributed by atoms with Gasteiger partial charge in [-0.15, -0.1) is 0 Å². The summed E-state index contributed by atoms with van der Waals surface area (Å²) in [5.41, 5.74) is 1.03. The van der Waals surface area contributed by atoms with E-state index in [1.54, 1.807) is 0 Å². The van der Waals surface area contributed by atoms with E-state index in [1.807, 2.05) is 48.5 Å². The Morgan fingerprint density at radius 2 is 1.19 bits per heavy atom. The molecule has 26 heavy (non-hydrogen) atoms. The zero-order chi connectivity index (χ0) is 17.9. The first-order chi connectivity index (χ1) is 12.9. The molecule has 1 aliphatic rings. The minimum absolute atomic E-state index is 0.485. The van der Waals surface area contributed by atoms with Crippen molar-refractivity contribution >= 4 is 5.69 Å². The third-order valence-corrected chi connectivity index (χ3v) is 4.10. The number of benzene rings is 2. The Bertz CT molecular complexity index is 550. The van der Waals surface area contributed by atoms with E-state index in [-0.39, 0.29) is 0 Å². The van der Waals surface area contributed by atoms with Gasteiger partial charge in [-0.3, -0.25) is 0 Å². The van der Waals surface area contributed by atoms with Crippen LogP contribution in [0, 0.1) is 0 Å². The molecule has 0 atom stereocenters. The monoisotopic (exact) mass is 357 g/mol. The van der Waals surface area contributed by atoms with E-state index in [4.69, 9.17) is 18.9 Å². The molecule has 5 nitrogen and oxygen atoms in total. The Hall–Kier alpha value is -2.40. The highest BCUT2D eigenvalue weighted by molar-refractivity contribution is 5.56. The number of nitrogens with one attached hydrogen (secondary N) is 1. The first kappa shape index (κ1) is 18.4. The molecule has 1 N–H and O–H groups in total. The highest BCUT2D eigenvalue weighted by Crippen LogP contribution is 2.27. The molecule has 1 heterocycles. The summed E-state index contributed by atoms with van der Waals surface area (Å²) in [6, 6.07) is 15.8. The van der Waals surface area contributed by atoms with Crippen LogP contribution in [0.1, 0.15) is 19.3 Å². The SMILES string of the molecule is c1ccc2c(c1)NCCCCCOc1ccccc1OCCOCCO2. The second-order valence-corrected chi connectivity index (χ2v) is 6.09. The van der Waals surface area contributed by atoms with Crippen LogP contribution in [0.2, 0.25) is 0 Å². The summed E-state index contributed by atoms with van der Waals surface area (Å²) < 4.78 is 23.1. The maximum atomic E-state index is 5.88. The second-order valence-electron chi connectivity index (χ2n) is 6.09. The maximum absolute atomic E-state index is 5.88.